The molecule has 1 saturated heterocycles. The summed E-state index contributed by atoms with van der Waals surface area (Å²) in [6.07, 6.45) is 1.40. The number of benzene rings is 1. The molecule has 2 N–H and O–H groups in total. The number of anilines is 1. The Bertz CT molecular complexity index is 533. The van der Waals surface area contributed by atoms with Crippen molar-refractivity contribution in [3.8, 4) is 0 Å². The number of nitrogens with zero attached hydrogens (tertiary/aromatic N) is 1. The highest BCUT2D eigenvalue weighted by molar-refractivity contribution is 6.31. The molecule has 0 saturated carbocycles. The number of amides is 1. The minimum atomic E-state index is -0.867. The fourth-order valence-electron chi connectivity index (χ4n) is 2.35. The van der Waals surface area contributed by atoms with Crippen LogP contribution in [0, 0.1) is 6.92 Å². The molecular weight excluding hydrogens is 280 g/mol. The average molecular weight is 297 g/mol. The van der Waals surface area contributed by atoms with E-state index in [9.17, 15) is 9.59 Å². The topological polar surface area (TPSA) is 69.6 Å². The summed E-state index contributed by atoms with van der Waals surface area (Å²) in [7, 11) is 0. The van der Waals surface area contributed by atoms with Gasteiger partial charge in [-0.1, -0.05) is 17.7 Å². The lowest BCUT2D eigenvalue weighted by molar-refractivity contribution is -0.142. The van der Waals surface area contributed by atoms with Gasteiger partial charge in [-0.3, -0.25) is 14.5 Å². The number of carboxylic acid groups (broad SMARTS) is 1. The lowest BCUT2D eigenvalue weighted by atomic mass is 10.2. The number of carboxylic acids is 1. The van der Waals surface area contributed by atoms with Gasteiger partial charge in [0.25, 0.3) is 0 Å². The van der Waals surface area contributed by atoms with Crippen LogP contribution in [-0.4, -0.2) is 41.0 Å². The number of halogens is 1. The van der Waals surface area contributed by atoms with Crippen molar-refractivity contribution < 1.29 is 14.7 Å². The van der Waals surface area contributed by atoms with Gasteiger partial charge in [0.2, 0.25) is 5.91 Å². The van der Waals surface area contributed by atoms with Gasteiger partial charge in [0, 0.05) is 10.7 Å². The quantitative estimate of drug-likeness (QED) is 0.893. The summed E-state index contributed by atoms with van der Waals surface area (Å²) >= 11 is 5.99. The van der Waals surface area contributed by atoms with Crippen LogP contribution >= 0.6 is 11.6 Å². The van der Waals surface area contributed by atoms with Crippen LogP contribution in [0.4, 0.5) is 5.69 Å². The molecule has 6 heteroatoms. The van der Waals surface area contributed by atoms with E-state index in [0.717, 1.165) is 12.0 Å². The van der Waals surface area contributed by atoms with E-state index in [1.54, 1.807) is 17.0 Å². The van der Waals surface area contributed by atoms with E-state index in [1.807, 2.05) is 13.0 Å². The number of likely N-dealkylation sites (tertiary alicyclic amines) is 1. The Kier molecular flexibility index (Phi) is 4.62. The second-order valence-electron chi connectivity index (χ2n) is 4.98. The van der Waals surface area contributed by atoms with Gasteiger partial charge in [0.05, 0.1) is 6.54 Å². The molecule has 1 aromatic carbocycles. The number of nitrogens with one attached hydrogen (secondary N) is 1. The van der Waals surface area contributed by atoms with Gasteiger partial charge < -0.3 is 10.4 Å². The molecule has 1 fully saturated rings. The summed E-state index contributed by atoms with van der Waals surface area (Å²) in [4.78, 5) is 24.7. The summed E-state index contributed by atoms with van der Waals surface area (Å²) in [6.45, 7) is 2.61. The van der Waals surface area contributed by atoms with E-state index in [1.165, 1.54) is 0 Å². The molecule has 5 nitrogen and oxygen atoms in total. The fraction of sp³-hybridized carbons (Fsp3) is 0.429. The molecule has 0 radical (unpaired) electrons. The van der Waals surface area contributed by atoms with E-state index in [0.29, 0.717) is 23.7 Å². The molecule has 0 unspecified atom stereocenters. The SMILES string of the molecule is Cc1ccc(NC(=O)CN2CCC[C@H]2C(=O)O)cc1Cl. The highest BCUT2D eigenvalue weighted by Crippen LogP contribution is 2.21. The summed E-state index contributed by atoms with van der Waals surface area (Å²) in [5.41, 5.74) is 1.56. The summed E-state index contributed by atoms with van der Waals surface area (Å²) in [5.74, 6) is -1.09. The number of hydrogen-bond acceptors (Lipinski definition) is 3. The van der Waals surface area contributed by atoms with E-state index >= 15 is 0 Å². The van der Waals surface area contributed by atoms with Gasteiger partial charge in [-0.05, 0) is 44.0 Å². The molecule has 1 aliphatic heterocycles. The monoisotopic (exact) mass is 296 g/mol. The third kappa shape index (κ3) is 3.49. The Labute approximate surface area is 122 Å². The Morgan fingerprint density at radius 1 is 1.50 bits per heavy atom. The number of aryl methyl sites for hydroxylation is 1. The Morgan fingerprint density at radius 3 is 2.90 bits per heavy atom. The van der Waals surface area contributed by atoms with Crippen LogP contribution in [-0.2, 0) is 9.59 Å². The molecule has 0 spiro atoms. The zero-order valence-electron chi connectivity index (χ0n) is 11.2. The first-order valence-electron chi connectivity index (χ1n) is 6.50. The summed E-state index contributed by atoms with van der Waals surface area (Å²) in [6, 6.07) is 4.74. The van der Waals surface area contributed by atoms with Crippen molar-refractivity contribution in [2.75, 3.05) is 18.4 Å². The van der Waals surface area contributed by atoms with E-state index in [2.05, 4.69) is 5.32 Å². The molecule has 1 aliphatic rings. The van der Waals surface area contributed by atoms with Crippen molar-refractivity contribution in [1.82, 2.24) is 4.90 Å². The average Bonchev–Trinajstić information content (AvgIpc) is 2.82. The third-order valence-electron chi connectivity index (χ3n) is 3.45. The normalized spacial score (nSPS) is 19.0. The molecule has 108 valence electrons. The maximum Gasteiger partial charge on any atom is 0.320 e. The Morgan fingerprint density at radius 2 is 2.25 bits per heavy atom. The highest BCUT2D eigenvalue weighted by atomic mass is 35.5. The van der Waals surface area contributed by atoms with Crippen molar-refractivity contribution in [3.05, 3.63) is 28.8 Å². The van der Waals surface area contributed by atoms with Gasteiger partial charge in [-0.25, -0.2) is 0 Å². The molecule has 1 aromatic rings. The van der Waals surface area contributed by atoms with E-state index in [-0.39, 0.29) is 12.5 Å². The number of carbonyl (C=O) groups is 2. The number of aliphatic carboxylic acids is 1. The van der Waals surface area contributed by atoms with Crippen molar-refractivity contribution in [2.45, 2.75) is 25.8 Å². The smallest absolute Gasteiger partial charge is 0.320 e. The van der Waals surface area contributed by atoms with Crippen molar-refractivity contribution >= 4 is 29.2 Å². The largest absolute Gasteiger partial charge is 0.480 e. The second-order valence-corrected chi connectivity index (χ2v) is 5.39. The van der Waals surface area contributed by atoms with Crippen LogP contribution in [0.25, 0.3) is 0 Å². The lowest BCUT2D eigenvalue weighted by Gasteiger charge is -2.20. The first-order chi connectivity index (χ1) is 9.47. The minimum Gasteiger partial charge on any atom is -0.480 e. The van der Waals surface area contributed by atoms with Gasteiger partial charge >= 0.3 is 5.97 Å². The van der Waals surface area contributed by atoms with Crippen LogP contribution < -0.4 is 5.32 Å². The zero-order chi connectivity index (χ0) is 14.7. The minimum absolute atomic E-state index is 0.0858. The molecule has 0 aliphatic carbocycles. The second kappa shape index (κ2) is 6.24. The van der Waals surface area contributed by atoms with Gasteiger partial charge in [0.1, 0.15) is 6.04 Å². The predicted molar refractivity (Wildman–Crippen MR) is 77.0 cm³/mol. The van der Waals surface area contributed by atoms with Crippen LogP contribution in [0.2, 0.25) is 5.02 Å². The molecule has 1 amide bonds. The number of rotatable bonds is 4. The van der Waals surface area contributed by atoms with Crippen LogP contribution in [0.3, 0.4) is 0 Å². The molecule has 1 heterocycles. The van der Waals surface area contributed by atoms with Crippen LogP contribution in [0.1, 0.15) is 18.4 Å². The molecule has 1 atom stereocenters. The maximum absolute atomic E-state index is 11.9. The third-order valence-corrected chi connectivity index (χ3v) is 3.86. The highest BCUT2D eigenvalue weighted by Gasteiger charge is 2.31. The fourth-order valence-corrected chi connectivity index (χ4v) is 2.53. The van der Waals surface area contributed by atoms with E-state index < -0.39 is 12.0 Å². The summed E-state index contributed by atoms with van der Waals surface area (Å²) < 4.78 is 0. The maximum atomic E-state index is 11.9. The molecule has 20 heavy (non-hydrogen) atoms. The number of carbonyl (C=O) groups excluding carboxylic acids is 1. The predicted octanol–water partition coefficient (Wildman–Crippen LogP) is 2.14. The first kappa shape index (κ1) is 14.8. The molecule has 0 aromatic heterocycles. The van der Waals surface area contributed by atoms with Gasteiger partial charge in [-0.15, -0.1) is 0 Å². The lowest BCUT2D eigenvalue weighted by Crippen LogP contribution is -2.40. The Hall–Kier alpha value is -1.59. The van der Waals surface area contributed by atoms with Crippen LogP contribution in [0.15, 0.2) is 18.2 Å². The van der Waals surface area contributed by atoms with E-state index in [4.69, 9.17) is 16.7 Å². The zero-order valence-corrected chi connectivity index (χ0v) is 12.0. The standard InChI is InChI=1S/C14H17ClN2O3/c1-9-4-5-10(7-11(9)15)16-13(18)8-17-6-2-3-12(17)14(19)20/h4-5,7,12H,2-3,6,8H2,1H3,(H,16,18)(H,19,20)/t12-/m0/s1. The molecule has 0 bridgehead atoms. The van der Waals surface area contributed by atoms with Crippen molar-refractivity contribution in [2.24, 2.45) is 0 Å². The van der Waals surface area contributed by atoms with Gasteiger partial charge in [0.15, 0.2) is 0 Å². The first-order valence-corrected chi connectivity index (χ1v) is 6.88. The van der Waals surface area contributed by atoms with Crippen molar-refractivity contribution in [3.63, 3.8) is 0 Å². The van der Waals surface area contributed by atoms with Crippen LogP contribution in [0.5, 0.6) is 0 Å². The molecular formula is C14H17ClN2O3. The number of hydrogen-bond donors (Lipinski definition) is 2. The van der Waals surface area contributed by atoms with Gasteiger partial charge in [-0.2, -0.15) is 0 Å². The Balaban J connectivity index is 1.95. The van der Waals surface area contributed by atoms with Crippen molar-refractivity contribution in [1.29, 1.82) is 0 Å². The molecule has 2 rings (SSSR count). The summed E-state index contributed by atoms with van der Waals surface area (Å²) in [5, 5.41) is 12.4.